The maximum Gasteiger partial charge on any atom is 0.407 e. The number of ether oxygens (including phenoxy) is 2. The maximum atomic E-state index is 12.5. The van der Waals surface area contributed by atoms with Gasteiger partial charge in [0, 0.05) is 6.04 Å². The van der Waals surface area contributed by atoms with Gasteiger partial charge in [0.2, 0.25) is 0 Å². The first-order chi connectivity index (χ1) is 14.2. The fraction of sp³-hybridized carbons (Fsp3) is 0.417. The van der Waals surface area contributed by atoms with Crippen molar-refractivity contribution in [1.82, 2.24) is 5.32 Å². The van der Waals surface area contributed by atoms with Crippen LogP contribution in [0.4, 0.5) is 4.79 Å². The Morgan fingerprint density at radius 3 is 2.48 bits per heavy atom. The van der Waals surface area contributed by atoms with E-state index in [1.807, 2.05) is 42.5 Å². The number of nitrogens with one attached hydrogen (secondary N) is 1. The third kappa shape index (κ3) is 5.17. The highest BCUT2D eigenvalue weighted by molar-refractivity contribution is 5.75. The molecular formula is C24H27NO4. The van der Waals surface area contributed by atoms with Crippen LogP contribution in [0.5, 0.6) is 5.75 Å². The lowest BCUT2D eigenvalue weighted by molar-refractivity contribution is -0.140. The Labute approximate surface area is 171 Å². The predicted octanol–water partition coefficient (Wildman–Crippen LogP) is 4.57. The zero-order chi connectivity index (χ0) is 20.1. The number of hydrogen-bond donors (Lipinski definition) is 1. The van der Waals surface area contributed by atoms with E-state index in [9.17, 15) is 9.59 Å². The minimum atomic E-state index is -0.405. The summed E-state index contributed by atoms with van der Waals surface area (Å²) >= 11 is 0. The molecule has 0 aliphatic heterocycles. The molecule has 5 nitrogen and oxygen atoms in total. The van der Waals surface area contributed by atoms with Gasteiger partial charge in [-0.05, 0) is 73.8 Å². The molecule has 2 aliphatic rings. The second kappa shape index (κ2) is 9.12. The van der Waals surface area contributed by atoms with Crippen LogP contribution in [0.2, 0.25) is 0 Å². The molecule has 1 fully saturated rings. The number of carbonyl (C=O) groups is 2. The Morgan fingerprint density at radius 2 is 1.69 bits per heavy atom. The molecule has 2 aliphatic carbocycles. The van der Waals surface area contributed by atoms with Crippen LogP contribution in [0.3, 0.4) is 0 Å². The zero-order valence-corrected chi connectivity index (χ0v) is 16.6. The van der Waals surface area contributed by atoms with Gasteiger partial charge in [0.05, 0.1) is 5.92 Å². The van der Waals surface area contributed by atoms with E-state index < -0.39 is 6.09 Å². The second-order valence-corrected chi connectivity index (χ2v) is 7.96. The summed E-state index contributed by atoms with van der Waals surface area (Å²) in [6, 6.07) is 15.6. The summed E-state index contributed by atoms with van der Waals surface area (Å²) in [5, 5.41) is 2.91. The van der Waals surface area contributed by atoms with Gasteiger partial charge in [-0.3, -0.25) is 4.79 Å². The Kier molecular flexibility index (Phi) is 6.13. The number of rotatable bonds is 5. The number of aryl methyl sites for hydroxylation is 2. The Morgan fingerprint density at radius 1 is 0.931 bits per heavy atom. The minimum absolute atomic E-state index is 0.0438. The number of amides is 1. The molecular weight excluding hydrogens is 366 g/mol. The van der Waals surface area contributed by atoms with Crippen molar-refractivity contribution in [2.24, 2.45) is 5.92 Å². The normalized spacial score (nSPS) is 20.6. The number of esters is 1. The second-order valence-electron chi connectivity index (χ2n) is 7.96. The van der Waals surface area contributed by atoms with Gasteiger partial charge in [0.1, 0.15) is 12.4 Å². The lowest BCUT2D eigenvalue weighted by Crippen LogP contribution is -2.39. The predicted molar refractivity (Wildman–Crippen MR) is 110 cm³/mol. The number of fused-ring (bicyclic) bond motifs is 1. The quantitative estimate of drug-likeness (QED) is 0.597. The molecule has 0 spiro atoms. The SMILES string of the molecule is O=C(NC1CCC(C(=O)Oc2ccc3c(c2)CCC3)CC1)OCc1ccccc1. The standard InChI is InChI=1S/C24H27NO4/c26-23(29-22-14-11-18-7-4-8-20(18)15-22)19-9-12-21(13-10-19)25-24(27)28-16-17-5-2-1-3-6-17/h1-3,5-6,11,14-15,19,21H,4,7-10,12-13,16H2,(H,25,27). The van der Waals surface area contributed by atoms with Crippen LogP contribution < -0.4 is 10.1 Å². The molecule has 0 atom stereocenters. The van der Waals surface area contributed by atoms with E-state index in [0.29, 0.717) is 18.6 Å². The van der Waals surface area contributed by atoms with Crippen LogP contribution >= 0.6 is 0 Å². The number of carbonyl (C=O) groups excluding carboxylic acids is 2. The molecule has 152 valence electrons. The van der Waals surface area contributed by atoms with Crippen molar-refractivity contribution in [3.8, 4) is 5.75 Å². The maximum absolute atomic E-state index is 12.5. The largest absolute Gasteiger partial charge is 0.445 e. The first-order valence-electron chi connectivity index (χ1n) is 10.5. The molecule has 0 saturated heterocycles. The Balaban J connectivity index is 1.19. The molecule has 0 radical (unpaired) electrons. The van der Waals surface area contributed by atoms with Crippen LogP contribution in [0.25, 0.3) is 0 Å². The fourth-order valence-corrected chi connectivity index (χ4v) is 4.22. The highest BCUT2D eigenvalue weighted by atomic mass is 16.5. The molecule has 0 aromatic heterocycles. The Hall–Kier alpha value is -2.82. The summed E-state index contributed by atoms with van der Waals surface area (Å²) in [5.74, 6) is 0.384. The van der Waals surface area contributed by atoms with Crippen molar-refractivity contribution in [1.29, 1.82) is 0 Å². The van der Waals surface area contributed by atoms with Crippen molar-refractivity contribution < 1.29 is 19.1 Å². The van der Waals surface area contributed by atoms with Gasteiger partial charge in [-0.15, -0.1) is 0 Å². The monoisotopic (exact) mass is 393 g/mol. The van der Waals surface area contributed by atoms with Crippen LogP contribution in [0, 0.1) is 5.92 Å². The highest BCUT2D eigenvalue weighted by Gasteiger charge is 2.29. The first kappa shape index (κ1) is 19.5. The molecule has 2 aromatic rings. The molecule has 1 amide bonds. The Bertz CT molecular complexity index is 856. The van der Waals surface area contributed by atoms with Crippen molar-refractivity contribution >= 4 is 12.1 Å². The third-order valence-electron chi connectivity index (χ3n) is 5.88. The average molecular weight is 393 g/mol. The van der Waals surface area contributed by atoms with Crippen LogP contribution in [-0.2, 0) is 29.0 Å². The molecule has 0 unspecified atom stereocenters. The van der Waals surface area contributed by atoms with Gasteiger partial charge in [0.25, 0.3) is 0 Å². The van der Waals surface area contributed by atoms with Gasteiger partial charge in [-0.25, -0.2) is 4.79 Å². The summed E-state index contributed by atoms with van der Waals surface area (Å²) in [6.45, 7) is 0.259. The smallest absolute Gasteiger partial charge is 0.407 e. The summed E-state index contributed by atoms with van der Waals surface area (Å²) in [5.41, 5.74) is 3.63. The van der Waals surface area contributed by atoms with Gasteiger partial charge in [0.15, 0.2) is 0 Å². The van der Waals surface area contributed by atoms with Crippen LogP contribution in [0.1, 0.15) is 48.8 Å². The summed E-state index contributed by atoms with van der Waals surface area (Å²) in [7, 11) is 0. The minimum Gasteiger partial charge on any atom is -0.445 e. The molecule has 0 bridgehead atoms. The van der Waals surface area contributed by atoms with Crippen molar-refractivity contribution in [3.05, 3.63) is 65.2 Å². The molecule has 29 heavy (non-hydrogen) atoms. The van der Waals surface area contributed by atoms with Crippen molar-refractivity contribution in [2.45, 2.75) is 57.6 Å². The van der Waals surface area contributed by atoms with Crippen molar-refractivity contribution in [2.75, 3.05) is 0 Å². The third-order valence-corrected chi connectivity index (χ3v) is 5.88. The molecule has 1 saturated carbocycles. The van der Waals surface area contributed by atoms with E-state index in [2.05, 4.69) is 11.4 Å². The summed E-state index contributed by atoms with van der Waals surface area (Å²) in [6.07, 6.45) is 5.90. The summed E-state index contributed by atoms with van der Waals surface area (Å²) < 4.78 is 10.9. The lowest BCUT2D eigenvalue weighted by Gasteiger charge is -2.27. The van der Waals surface area contributed by atoms with Gasteiger partial charge in [-0.1, -0.05) is 36.4 Å². The molecule has 2 aromatic carbocycles. The number of hydrogen-bond acceptors (Lipinski definition) is 4. The number of alkyl carbamates (subject to hydrolysis) is 1. The van der Waals surface area contributed by atoms with Crippen LogP contribution in [0.15, 0.2) is 48.5 Å². The van der Waals surface area contributed by atoms with E-state index >= 15 is 0 Å². The summed E-state index contributed by atoms with van der Waals surface area (Å²) in [4.78, 5) is 24.5. The highest BCUT2D eigenvalue weighted by Crippen LogP contribution is 2.29. The molecule has 5 heteroatoms. The van der Waals surface area contributed by atoms with Crippen LogP contribution in [-0.4, -0.2) is 18.1 Å². The number of benzene rings is 2. The fourth-order valence-electron chi connectivity index (χ4n) is 4.22. The van der Waals surface area contributed by atoms with E-state index in [4.69, 9.17) is 9.47 Å². The van der Waals surface area contributed by atoms with Gasteiger partial charge in [-0.2, -0.15) is 0 Å². The van der Waals surface area contributed by atoms with Gasteiger partial charge < -0.3 is 14.8 Å². The van der Waals surface area contributed by atoms with E-state index in [-0.39, 0.29) is 24.5 Å². The van der Waals surface area contributed by atoms with Crippen molar-refractivity contribution in [3.63, 3.8) is 0 Å². The van der Waals surface area contributed by atoms with E-state index in [0.717, 1.165) is 31.2 Å². The van der Waals surface area contributed by atoms with E-state index in [1.165, 1.54) is 17.5 Å². The topological polar surface area (TPSA) is 64.6 Å². The molecule has 1 N–H and O–H groups in total. The first-order valence-corrected chi connectivity index (χ1v) is 10.5. The molecule has 0 heterocycles. The average Bonchev–Trinajstić information content (AvgIpc) is 3.21. The van der Waals surface area contributed by atoms with Gasteiger partial charge >= 0.3 is 12.1 Å². The lowest BCUT2D eigenvalue weighted by atomic mass is 9.86. The zero-order valence-electron chi connectivity index (χ0n) is 16.6. The molecule has 4 rings (SSSR count). The van der Waals surface area contributed by atoms with E-state index in [1.54, 1.807) is 0 Å².